The Labute approximate surface area is 105 Å². The number of hydrogen-bond donors (Lipinski definition) is 2. The Morgan fingerprint density at radius 3 is 1.00 bits per heavy atom. The Morgan fingerprint density at radius 2 is 0.882 bits per heavy atom. The molecule has 2 N–H and O–H groups in total. The molecular formula is C14H20O2Si. The summed E-state index contributed by atoms with van der Waals surface area (Å²) in [6.45, 7) is 4.53. The van der Waals surface area contributed by atoms with Crippen molar-refractivity contribution in [3.63, 3.8) is 0 Å². The first kappa shape index (κ1) is 15.3. The minimum absolute atomic E-state index is 0.322. The molecule has 3 heteroatoms. The molecule has 2 rings (SSSR count). The van der Waals surface area contributed by atoms with E-state index in [0.29, 0.717) is 21.0 Å². The molecule has 0 saturated heterocycles. The van der Waals surface area contributed by atoms with E-state index in [9.17, 15) is 0 Å². The molecule has 0 amide bonds. The average molecular weight is 248 g/mol. The number of para-hydroxylation sites is 2. The van der Waals surface area contributed by atoms with Crippen LogP contribution in [-0.4, -0.2) is 19.7 Å². The fraction of sp³-hybridized carbons (Fsp3) is 0.143. The number of aromatic hydroxyl groups is 2. The normalized spacial score (nSPS) is 8.12. The van der Waals surface area contributed by atoms with E-state index >= 15 is 0 Å². The second-order valence-electron chi connectivity index (χ2n) is 3.38. The molecule has 92 valence electrons. The van der Waals surface area contributed by atoms with Gasteiger partial charge in [0.25, 0.3) is 0 Å². The van der Waals surface area contributed by atoms with Gasteiger partial charge in [0, 0.05) is 9.52 Å². The van der Waals surface area contributed by atoms with E-state index in [1.165, 1.54) is 0 Å². The Kier molecular flexibility index (Phi) is 9.66. The van der Waals surface area contributed by atoms with Crippen LogP contribution in [0.5, 0.6) is 11.5 Å². The summed E-state index contributed by atoms with van der Waals surface area (Å²) in [5, 5.41) is 17.3. The molecule has 0 aliphatic rings. The molecule has 0 atom stereocenters. The fourth-order valence-electron chi connectivity index (χ4n) is 0.856. The minimum atomic E-state index is 0.322. The summed E-state index contributed by atoms with van der Waals surface area (Å²) in [6, 6.07) is 17.4. The highest BCUT2D eigenvalue weighted by atomic mass is 28.2. The SMILES string of the molecule is C[SiH2]C.Oc1ccccc1.Oc1ccccc1. The molecule has 2 aromatic rings. The first-order chi connectivity index (χ1) is 8.20. The molecule has 0 saturated carbocycles. The lowest BCUT2D eigenvalue weighted by Gasteiger charge is -1.82. The second kappa shape index (κ2) is 10.8. The lowest BCUT2D eigenvalue weighted by atomic mass is 10.3. The third-order valence-corrected chi connectivity index (χ3v) is 1.51. The van der Waals surface area contributed by atoms with E-state index in [0.717, 1.165) is 0 Å². The van der Waals surface area contributed by atoms with Crippen LogP contribution < -0.4 is 0 Å². The zero-order valence-electron chi connectivity index (χ0n) is 10.4. The van der Waals surface area contributed by atoms with Crippen LogP contribution in [0.1, 0.15) is 0 Å². The predicted molar refractivity (Wildman–Crippen MR) is 76.5 cm³/mol. The molecule has 0 spiro atoms. The van der Waals surface area contributed by atoms with Gasteiger partial charge in [0.05, 0.1) is 0 Å². The van der Waals surface area contributed by atoms with Gasteiger partial charge in [-0.1, -0.05) is 49.5 Å². The average Bonchev–Trinajstić information content (AvgIpc) is 2.33. The van der Waals surface area contributed by atoms with Gasteiger partial charge in [-0.05, 0) is 24.3 Å². The van der Waals surface area contributed by atoms with Gasteiger partial charge < -0.3 is 10.2 Å². The summed E-state index contributed by atoms with van der Waals surface area (Å²) in [4.78, 5) is 0. The maximum Gasteiger partial charge on any atom is 0.115 e. The summed E-state index contributed by atoms with van der Waals surface area (Å²) in [7, 11) is 0.417. The van der Waals surface area contributed by atoms with Crippen LogP contribution in [0.25, 0.3) is 0 Å². The quantitative estimate of drug-likeness (QED) is 0.704. The van der Waals surface area contributed by atoms with Crippen LogP contribution >= 0.6 is 0 Å². The minimum Gasteiger partial charge on any atom is -0.508 e. The van der Waals surface area contributed by atoms with Crippen molar-refractivity contribution in [1.29, 1.82) is 0 Å². The van der Waals surface area contributed by atoms with Crippen molar-refractivity contribution in [1.82, 2.24) is 0 Å². The van der Waals surface area contributed by atoms with E-state index in [1.54, 1.807) is 48.5 Å². The van der Waals surface area contributed by atoms with Crippen LogP contribution in [0.15, 0.2) is 60.7 Å². The van der Waals surface area contributed by atoms with Crippen molar-refractivity contribution in [3.05, 3.63) is 60.7 Å². The Bertz CT molecular complexity index is 325. The van der Waals surface area contributed by atoms with Gasteiger partial charge in [0.1, 0.15) is 11.5 Å². The second-order valence-corrected chi connectivity index (χ2v) is 4.79. The Hall–Kier alpha value is -1.74. The monoisotopic (exact) mass is 248 g/mol. The molecule has 0 radical (unpaired) electrons. The summed E-state index contributed by atoms with van der Waals surface area (Å²) in [6.07, 6.45) is 0. The molecule has 0 fully saturated rings. The first-order valence-corrected chi connectivity index (χ1v) is 8.51. The highest BCUT2D eigenvalue weighted by Crippen LogP contribution is 2.03. The van der Waals surface area contributed by atoms with E-state index < -0.39 is 0 Å². The highest BCUT2D eigenvalue weighted by Gasteiger charge is 1.75. The molecule has 0 aliphatic heterocycles. The van der Waals surface area contributed by atoms with Gasteiger partial charge in [0.15, 0.2) is 0 Å². The zero-order valence-corrected chi connectivity index (χ0v) is 11.8. The van der Waals surface area contributed by atoms with Crippen LogP contribution in [-0.2, 0) is 0 Å². The maximum atomic E-state index is 8.63. The molecular weight excluding hydrogens is 228 g/mol. The van der Waals surface area contributed by atoms with Crippen molar-refractivity contribution in [2.45, 2.75) is 13.1 Å². The standard InChI is InChI=1S/2C6H6O.C2H8Si/c2*7-6-4-2-1-3-5-6;1-3-2/h2*1-5,7H;3H2,1-2H3. The number of hydrogen-bond acceptors (Lipinski definition) is 2. The van der Waals surface area contributed by atoms with Crippen molar-refractivity contribution >= 4 is 9.52 Å². The zero-order chi connectivity index (χ0) is 12.9. The number of phenols is 2. The van der Waals surface area contributed by atoms with Gasteiger partial charge >= 0.3 is 0 Å². The summed E-state index contributed by atoms with van der Waals surface area (Å²) in [5.74, 6) is 0.644. The number of rotatable bonds is 0. The Morgan fingerprint density at radius 1 is 0.647 bits per heavy atom. The van der Waals surface area contributed by atoms with Gasteiger partial charge in [-0.2, -0.15) is 0 Å². The molecule has 0 bridgehead atoms. The molecule has 2 aromatic carbocycles. The highest BCUT2D eigenvalue weighted by molar-refractivity contribution is 6.31. The van der Waals surface area contributed by atoms with Gasteiger partial charge in [-0.25, -0.2) is 0 Å². The maximum absolute atomic E-state index is 8.63. The lowest BCUT2D eigenvalue weighted by Crippen LogP contribution is -1.56. The fourth-order valence-corrected chi connectivity index (χ4v) is 0.856. The lowest BCUT2D eigenvalue weighted by molar-refractivity contribution is 0.475. The van der Waals surface area contributed by atoms with E-state index in [4.69, 9.17) is 10.2 Å². The molecule has 0 heterocycles. The molecule has 0 unspecified atom stereocenters. The van der Waals surface area contributed by atoms with Gasteiger partial charge in [-0.3, -0.25) is 0 Å². The van der Waals surface area contributed by atoms with Crippen molar-refractivity contribution in [2.75, 3.05) is 0 Å². The van der Waals surface area contributed by atoms with E-state index in [1.807, 2.05) is 12.1 Å². The van der Waals surface area contributed by atoms with Crippen LogP contribution in [0.4, 0.5) is 0 Å². The largest absolute Gasteiger partial charge is 0.508 e. The summed E-state index contributed by atoms with van der Waals surface area (Å²) >= 11 is 0. The van der Waals surface area contributed by atoms with Crippen molar-refractivity contribution in [3.8, 4) is 11.5 Å². The topological polar surface area (TPSA) is 40.5 Å². The summed E-state index contributed by atoms with van der Waals surface area (Å²) < 4.78 is 0. The third-order valence-electron chi connectivity index (χ3n) is 1.51. The number of phenolic OH excluding ortho intramolecular Hbond substituents is 2. The van der Waals surface area contributed by atoms with Gasteiger partial charge in [-0.15, -0.1) is 0 Å². The molecule has 2 nitrogen and oxygen atoms in total. The van der Waals surface area contributed by atoms with Crippen LogP contribution in [0.3, 0.4) is 0 Å². The molecule has 17 heavy (non-hydrogen) atoms. The van der Waals surface area contributed by atoms with E-state index in [2.05, 4.69) is 13.1 Å². The van der Waals surface area contributed by atoms with Crippen molar-refractivity contribution in [2.24, 2.45) is 0 Å². The Balaban J connectivity index is 0.000000247. The predicted octanol–water partition coefficient (Wildman–Crippen LogP) is 3.04. The molecule has 0 aromatic heterocycles. The molecule has 0 aliphatic carbocycles. The third kappa shape index (κ3) is 10.5. The summed E-state index contributed by atoms with van der Waals surface area (Å²) in [5.41, 5.74) is 0. The van der Waals surface area contributed by atoms with E-state index in [-0.39, 0.29) is 0 Å². The van der Waals surface area contributed by atoms with Crippen molar-refractivity contribution < 1.29 is 10.2 Å². The van der Waals surface area contributed by atoms with Gasteiger partial charge in [0.2, 0.25) is 0 Å². The number of benzene rings is 2. The smallest absolute Gasteiger partial charge is 0.115 e. The first-order valence-electron chi connectivity index (χ1n) is 5.68. The van der Waals surface area contributed by atoms with Crippen LogP contribution in [0.2, 0.25) is 13.1 Å². The van der Waals surface area contributed by atoms with Crippen LogP contribution in [0, 0.1) is 0 Å².